The van der Waals surface area contributed by atoms with Gasteiger partial charge in [-0.3, -0.25) is 33.6 Å². The summed E-state index contributed by atoms with van der Waals surface area (Å²) in [6.07, 6.45) is 0.100. The van der Waals surface area contributed by atoms with Crippen molar-refractivity contribution in [3.05, 3.63) is 35.9 Å². The number of amides is 3. The molecule has 0 aliphatic heterocycles. The predicted molar refractivity (Wildman–Crippen MR) is 134 cm³/mol. The Morgan fingerprint density at radius 1 is 1.13 bits per heavy atom. The van der Waals surface area contributed by atoms with Gasteiger partial charge in [-0.15, -0.1) is 0 Å². The zero-order chi connectivity index (χ0) is 28.7. The molecule has 0 saturated carbocycles. The number of Topliss-reactive ketones (excluding diaryl/α,β-unsaturated/α-hetero) is 1. The maximum absolute atomic E-state index is 12.6. The standard InChI is InChI=1S/C23H30N4O10S/c1-37-27(10-15(11-28)14-5-3-2-4-6-14)22(34)18(29)13-38-12-17(21(33)25-9-20(31)32)26-19(30)8-7-16(24)23(35)36/h2-6,11,15-17H,7-10,12-13,24H2,1H3,(H,25,33)(H,26,30)(H,31,32)(H,35,36). The average molecular weight is 555 g/mol. The molecule has 0 aromatic heterocycles. The number of hydrogen-bond donors (Lipinski definition) is 5. The van der Waals surface area contributed by atoms with Crippen LogP contribution in [-0.4, -0.2) is 101 Å². The Labute approximate surface area is 222 Å². The first kappa shape index (κ1) is 32.2. The summed E-state index contributed by atoms with van der Waals surface area (Å²) in [4.78, 5) is 87.6. The van der Waals surface area contributed by atoms with Crippen LogP contribution in [0.2, 0.25) is 0 Å². The molecule has 1 rings (SSSR count). The molecule has 0 fully saturated rings. The number of rotatable bonds is 18. The summed E-state index contributed by atoms with van der Waals surface area (Å²) in [6.45, 7) is -0.937. The Morgan fingerprint density at radius 3 is 2.34 bits per heavy atom. The number of carboxylic acid groups (broad SMARTS) is 2. The third-order valence-electron chi connectivity index (χ3n) is 5.02. The molecule has 38 heavy (non-hydrogen) atoms. The van der Waals surface area contributed by atoms with Crippen LogP contribution in [0.3, 0.4) is 0 Å². The molecule has 1 aromatic carbocycles. The molecule has 3 atom stereocenters. The van der Waals surface area contributed by atoms with Gasteiger partial charge in [0, 0.05) is 12.2 Å². The van der Waals surface area contributed by atoms with Crippen molar-refractivity contribution in [3.63, 3.8) is 0 Å². The summed E-state index contributed by atoms with van der Waals surface area (Å²) >= 11 is 0.817. The Hall–Kier alpha value is -3.82. The van der Waals surface area contributed by atoms with Gasteiger partial charge in [-0.25, -0.2) is 5.06 Å². The lowest BCUT2D eigenvalue weighted by molar-refractivity contribution is -0.179. The van der Waals surface area contributed by atoms with Crippen LogP contribution in [-0.2, 0) is 38.4 Å². The fourth-order valence-corrected chi connectivity index (χ4v) is 3.86. The number of ketones is 1. The second kappa shape index (κ2) is 16.8. The van der Waals surface area contributed by atoms with E-state index in [0.717, 1.165) is 16.8 Å². The molecule has 0 aliphatic carbocycles. The zero-order valence-electron chi connectivity index (χ0n) is 20.5. The van der Waals surface area contributed by atoms with Crippen LogP contribution in [0, 0.1) is 0 Å². The van der Waals surface area contributed by atoms with E-state index in [0.29, 0.717) is 11.8 Å². The number of nitrogens with zero attached hydrogens (tertiary/aromatic N) is 1. The van der Waals surface area contributed by atoms with E-state index in [1.165, 1.54) is 7.11 Å². The fraction of sp³-hybridized carbons (Fsp3) is 0.435. The summed E-state index contributed by atoms with van der Waals surface area (Å²) in [5.41, 5.74) is 5.97. The second-order valence-corrected chi connectivity index (χ2v) is 8.89. The van der Waals surface area contributed by atoms with Crippen LogP contribution >= 0.6 is 11.8 Å². The van der Waals surface area contributed by atoms with E-state index in [2.05, 4.69) is 10.6 Å². The number of carbonyl (C=O) groups is 7. The van der Waals surface area contributed by atoms with Gasteiger partial charge in [0.2, 0.25) is 17.6 Å². The van der Waals surface area contributed by atoms with Gasteiger partial charge in [0.25, 0.3) is 0 Å². The van der Waals surface area contributed by atoms with Crippen molar-refractivity contribution in [2.24, 2.45) is 5.73 Å². The lowest BCUT2D eigenvalue weighted by atomic mass is 10.0. The lowest BCUT2D eigenvalue weighted by Gasteiger charge is -2.22. The first-order valence-corrected chi connectivity index (χ1v) is 12.4. The summed E-state index contributed by atoms with van der Waals surface area (Å²) in [6, 6.07) is 6.00. The third-order valence-corrected chi connectivity index (χ3v) is 6.06. The molecule has 0 spiro atoms. The Bertz CT molecular complexity index is 1010. The lowest BCUT2D eigenvalue weighted by Crippen LogP contribution is -2.49. The van der Waals surface area contributed by atoms with Crippen molar-refractivity contribution in [2.75, 3.05) is 31.7 Å². The van der Waals surface area contributed by atoms with Gasteiger partial charge in [0.1, 0.15) is 24.9 Å². The van der Waals surface area contributed by atoms with Gasteiger partial charge < -0.3 is 31.4 Å². The minimum atomic E-state index is -1.33. The molecule has 0 bridgehead atoms. The summed E-state index contributed by atoms with van der Waals surface area (Å²) < 4.78 is 0. The number of carboxylic acids is 2. The van der Waals surface area contributed by atoms with E-state index in [9.17, 15) is 33.6 Å². The van der Waals surface area contributed by atoms with Crippen LogP contribution < -0.4 is 16.4 Å². The Balaban J connectivity index is 2.74. The number of aldehydes is 1. The molecule has 208 valence electrons. The molecule has 0 aliphatic rings. The molecule has 14 nitrogen and oxygen atoms in total. The number of hydrogen-bond acceptors (Lipinski definition) is 10. The van der Waals surface area contributed by atoms with Gasteiger partial charge >= 0.3 is 17.8 Å². The Morgan fingerprint density at radius 2 is 1.79 bits per heavy atom. The zero-order valence-corrected chi connectivity index (χ0v) is 21.3. The van der Waals surface area contributed by atoms with E-state index in [4.69, 9.17) is 20.8 Å². The SMILES string of the molecule is CON(CC(C=O)c1ccccc1)C(=O)C(=O)CSCC(NC(=O)CCC(N)C(=O)O)C(=O)NCC(=O)O. The minimum Gasteiger partial charge on any atom is -0.480 e. The normalized spacial score (nSPS) is 12.9. The highest BCUT2D eigenvalue weighted by Crippen LogP contribution is 2.15. The second-order valence-electron chi connectivity index (χ2n) is 7.86. The van der Waals surface area contributed by atoms with Crippen molar-refractivity contribution >= 4 is 53.5 Å². The predicted octanol–water partition coefficient (Wildman–Crippen LogP) is -1.46. The van der Waals surface area contributed by atoms with E-state index in [-0.39, 0.29) is 25.1 Å². The number of thioether (sulfide) groups is 1. The van der Waals surface area contributed by atoms with Crippen LogP contribution in [0.4, 0.5) is 0 Å². The number of aliphatic carboxylic acids is 2. The molecule has 6 N–H and O–H groups in total. The van der Waals surface area contributed by atoms with E-state index < -0.39 is 65.7 Å². The number of carbonyl (C=O) groups excluding carboxylic acids is 5. The minimum absolute atomic E-state index is 0.206. The van der Waals surface area contributed by atoms with Crippen LogP contribution in [0.15, 0.2) is 30.3 Å². The average Bonchev–Trinajstić information content (AvgIpc) is 2.90. The van der Waals surface area contributed by atoms with Crippen molar-refractivity contribution < 1.29 is 48.6 Å². The number of nitrogens with two attached hydrogens (primary N) is 1. The maximum Gasteiger partial charge on any atom is 0.322 e. The van der Waals surface area contributed by atoms with E-state index >= 15 is 0 Å². The number of hydroxylamine groups is 2. The molecule has 1 aromatic rings. The third kappa shape index (κ3) is 11.5. The first-order chi connectivity index (χ1) is 18.0. The highest BCUT2D eigenvalue weighted by molar-refractivity contribution is 8.00. The first-order valence-electron chi connectivity index (χ1n) is 11.2. The molecular formula is C23H30N4O10S. The van der Waals surface area contributed by atoms with Crippen LogP contribution in [0.5, 0.6) is 0 Å². The monoisotopic (exact) mass is 554 g/mol. The molecule has 3 amide bonds. The van der Waals surface area contributed by atoms with Gasteiger partial charge in [0.05, 0.1) is 25.3 Å². The summed E-state index contributed by atoms with van der Waals surface area (Å²) in [5.74, 6) is -7.51. The summed E-state index contributed by atoms with van der Waals surface area (Å²) in [5, 5.41) is 22.8. The van der Waals surface area contributed by atoms with Gasteiger partial charge in [-0.05, 0) is 12.0 Å². The largest absolute Gasteiger partial charge is 0.480 e. The van der Waals surface area contributed by atoms with Crippen molar-refractivity contribution in [3.8, 4) is 0 Å². The van der Waals surface area contributed by atoms with Crippen molar-refractivity contribution in [1.82, 2.24) is 15.7 Å². The maximum atomic E-state index is 12.6. The molecule has 3 unspecified atom stereocenters. The van der Waals surface area contributed by atoms with Gasteiger partial charge in [-0.2, -0.15) is 11.8 Å². The van der Waals surface area contributed by atoms with Gasteiger partial charge in [-0.1, -0.05) is 30.3 Å². The van der Waals surface area contributed by atoms with E-state index in [1.807, 2.05) is 0 Å². The van der Waals surface area contributed by atoms with Gasteiger partial charge in [0.15, 0.2) is 0 Å². The fourth-order valence-electron chi connectivity index (χ4n) is 2.96. The number of benzene rings is 1. The van der Waals surface area contributed by atoms with E-state index in [1.54, 1.807) is 30.3 Å². The molecule has 15 heteroatoms. The molecular weight excluding hydrogens is 524 g/mol. The smallest absolute Gasteiger partial charge is 0.322 e. The highest BCUT2D eigenvalue weighted by Gasteiger charge is 2.27. The Kier molecular flexibility index (Phi) is 14.3. The van der Waals surface area contributed by atoms with Crippen molar-refractivity contribution in [2.45, 2.75) is 30.8 Å². The van der Waals surface area contributed by atoms with Crippen LogP contribution in [0.25, 0.3) is 0 Å². The molecule has 0 radical (unpaired) electrons. The molecule has 0 saturated heterocycles. The molecule has 0 heterocycles. The topological polar surface area (TPSA) is 222 Å². The quantitative estimate of drug-likeness (QED) is 0.0798. The number of nitrogens with one attached hydrogen (secondary N) is 2. The summed E-state index contributed by atoms with van der Waals surface area (Å²) in [7, 11) is 1.17. The highest BCUT2D eigenvalue weighted by atomic mass is 32.2. The van der Waals surface area contributed by atoms with Crippen molar-refractivity contribution in [1.29, 1.82) is 0 Å². The van der Waals surface area contributed by atoms with Crippen LogP contribution in [0.1, 0.15) is 24.3 Å².